The van der Waals surface area contributed by atoms with Crippen LogP contribution in [0.25, 0.3) is 0 Å². The molecule has 2 aromatic carbocycles. The third kappa shape index (κ3) is 4.95. The molecule has 140 valence electrons. The lowest BCUT2D eigenvalue weighted by atomic mass is 10.1. The molecule has 0 heterocycles. The zero-order chi connectivity index (χ0) is 19.5. The summed E-state index contributed by atoms with van der Waals surface area (Å²) in [5.41, 5.74) is -1.07. The molecular formula is C18H17ClF4N2O. The standard InChI is InChI=1S/C18H17ClF4N2O/c1-10(13-5-3-4-6-15(13)20)24-11(2)17(26)25-16-8-7-12(19)9-14(16)18(21,22)23/h3-11,24H,1-2H3,(H,25,26)/t10-,11+/m0/s1. The van der Waals surface area contributed by atoms with Crippen LogP contribution in [0.15, 0.2) is 42.5 Å². The highest BCUT2D eigenvalue weighted by Crippen LogP contribution is 2.36. The van der Waals surface area contributed by atoms with E-state index in [4.69, 9.17) is 11.6 Å². The fourth-order valence-electron chi connectivity index (χ4n) is 2.47. The molecule has 0 unspecified atom stereocenters. The summed E-state index contributed by atoms with van der Waals surface area (Å²) >= 11 is 5.61. The molecule has 0 saturated heterocycles. The highest BCUT2D eigenvalue weighted by atomic mass is 35.5. The van der Waals surface area contributed by atoms with Crippen molar-refractivity contribution in [2.75, 3.05) is 5.32 Å². The molecule has 0 radical (unpaired) electrons. The van der Waals surface area contributed by atoms with Crippen molar-refractivity contribution >= 4 is 23.2 Å². The number of nitrogens with one attached hydrogen (secondary N) is 2. The van der Waals surface area contributed by atoms with Gasteiger partial charge in [-0.2, -0.15) is 13.2 Å². The van der Waals surface area contributed by atoms with Crippen molar-refractivity contribution in [2.24, 2.45) is 0 Å². The largest absolute Gasteiger partial charge is 0.418 e. The lowest BCUT2D eigenvalue weighted by Gasteiger charge is -2.21. The minimum absolute atomic E-state index is 0.0883. The van der Waals surface area contributed by atoms with Crippen LogP contribution in [-0.2, 0) is 11.0 Å². The van der Waals surface area contributed by atoms with Crippen LogP contribution in [0, 0.1) is 5.82 Å². The van der Waals surface area contributed by atoms with Gasteiger partial charge in [-0.1, -0.05) is 29.8 Å². The quantitative estimate of drug-likeness (QED) is 0.693. The number of rotatable bonds is 5. The second-order valence-electron chi connectivity index (χ2n) is 5.81. The van der Waals surface area contributed by atoms with Gasteiger partial charge in [-0.05, 0) is 38.1 Å². The van der Waals surface area contributed by atoms with Crippen molar-refractivity contribution in [2.45, 2.75) is 32.1 Å². The van der Waals surface area contributed by atoms with Crippen LogP contribution in [0.5, 0.6) is 0 Å². The molecule has 2 aromatic rings. The van der Waals surface area contributed by atoms with Crippen LogP contribution in [0.3, 0.4) is 0 Å². The summed E-state index contributed by atoms with van der Waals surface area (Å²) in [4.78, 5) is 12.3. The molecule has 1 amide bonds. The van der Waals surface area contributed by atoms with E-state index >= 15 is 0 Å². The predicted octanol–water partition coefficient (Wildman–Crippen LogP) is 5.18. The second-order valence-corrected chi connectivity index (χ2v) is 6.24. The van der Waals surface area contributed by atoms with E-state index in [2.05, 4.69) is 10.6 Å². The summed E-state index contributed by atoms with van der Waals surface area (Å²) < 4.78 is 53.0. The number of alkyl halides is 3. The van der Waals surface area contributed by atoms with Gasteiger partial charge in [0, 0.05) is 16.6 Å². The molecule has 0 aliphatic rings. The van der Waals surface area contributed by atoms with E-state index in [9.17, 15) is 22.4 Å². The van der Waals surface area contributed by atoms with Crippen LogP contribution in [0.2, 0.25) is 5.02 Å². The summed E-state index contributed by atoms with van der Waals surface area (Å²) in [5, 5.41) is 5.02. The van der Waals surface area contributed by atoms with E-state index in [1.54, 1.807) is 25.1 Å². The molecule has 2 rings (SSSR count). The van der Waals surface area contributed by atoms with Gasteiger partial charge in [0.15, 0.2) is 0 Å². The van der Waals surface area contributed by atoms with E-state index in [1.165, 1.54) is 19.1 Å². The summed E-state index contributed by atoms with van der Waals surface area (Å²) in [6.45, 7) is 3.14. The highest BCUT2D eigenvalue weighted by molar-refractivity contribution is 6.30. The Balaban J connectivity index is 2.12. The molecule has 0 aliphatic carbocycles. The molecule has 0 aromatic heterocycles. The van der Waals surface area contributed by atoms with Crippen LogP contribution < -0.4 is 10.6 Å². The molecule has 0 fully saturated rings. The predicted molar refractivity (Wildman–Crippen MR) is 92.5 cm³/mol. The van der Waals surface area contributed by atoms with E-state index < -0.39 is 35.5 Å². The van der Waals surface area contributed by atoms with Gasteiger partial charge in [-0.15, -0.1) is 0 Å². The molecule has 26 heavy (non-hydrogen) atoms. The Morgan fingerprint density at radius 1 is 1.12 bits per heavy atom. The number of carbonyl (C=O) groups excluding carboxylic acids is 1. The molecule has 2 atom stereocenters. The average molecular weight is 389 g/mol. The monoisotopic (exact) mass is 388 g/mol. The molecule has 0 spiro atoms. The third-order valence-electron chi connectivity index (χ3n) is 3.81. The third-order valence-corrected chi connectivity index (χ3v) is 4.04. The number of hydrogen-bond acceptors (Lipinski definition) is 2. The second kappa shape index (κ2) is 8.05. The van der Waals surface area contributed by atoms with Crippen molar-refractivity contribution in [3.05, 3.63) is 64.4 Å². The van der Waals surface area contributed by atoms with Crippen LogP contribution in [-0.4, -0.2) is 11.9 Å². The number of hydrogen-bond donors (Lipinski definition) is 2. The normalized spacial score (nSPS) is 14.0. The molecule has 0 bridgehead atoms. The maximum atomic E-state index is 13.8. The smallest absolute Gasteiger partial charge is 0.324 e. The lowest BCUT2D eigenvalue weighted by molar-refractivity contribution is -0.137. The van der Waals surface area contributed by atoms with Crippen molar-refractivity contribution in [1.82, 2.24) is 5.32 Å². The molecular weight excluding hydrogens is 372 g/mol. The minimum Gasteiger partial charge on any atom is -0.324 e. The van der Waals surface area contributed by atoms with Crippen LogP contribution in [0.4, 0.5) is 23.2 Å². The number of anilines is 1. The summed E-state index contributed by atoms with van der Waals surface area (Å²) in [6.07, 6.45) is -4.66. The first-order valence-corrected chi connectivity index (χ1v) is 8.15. The molecule has 8 heteroatoms. The molecule has 0 saturated carbocycles. The number of carbonyl (C=O) groups is 1. The van der Waals surface area contributed by atoms with Gasteiger partial charge in [0.05, 0.1) is 17.3 Å². The number of amides is 1. The van der Waals surface area contributed by atoms with E-state index in [-0.39, 0.29) is 10.7 Å². The fourth-order valence-corrected chi connectivity index (χ4v) is 2.64. The highest BCUT2D eigenvalue weighted by Gasteiger charge is 2.34. The van der Waals surface area contributed by atoms with Crippen LogP contribution >= 0.6 is 11.6 Å². The first-order valence-electron chi connectivity index (χ1n) is 7.77. The maximum absolute atomic E-state index is 13.8. The van der Waals surface area contributed by atoms with E-state index in [0.717, 1.165) is 12.1 Å². The summed E-state index contributed by atoms with van der Waals surface area (Å²) in [7, 11) is 0. The molecule has 3 nitrogen and oxygen atoms in total. The zero-order valence-electron chi connectivity index (χ0n) is 14.0. The van der Waals surface area contributed by atoms with Gasteiger partial charge in [-0.3, -0.25) is 10.1 Å². The van der Waals surface area contributed by atoms with Crippen LogP contribution in [0.1, 0.15) is 31.0 Å². The first kappa shape index (κ1) is 20.2. The van der Waals surface area contributed by atoms with Gasteiger partial charge in [0.1, 0.15) is 5.82 Å². The van der Waals surface area contributed by atoms with E-state index in [0.29, 0.717) is 5.56 Å². The Labute approximate surface area is 153 Å². The van der Waals surface area contributed by atoms with Gasteiger partial charge in [0.25, 0.3) is 0 Å². The SMILES string of the molecule is C[C@H](N[C@H](C)C(=O)Nc1ccc(Cl)cc1C(F)(F)F)c1ccccc1F. The lowest BCUT2D eigenvalue weighted by Crippen LogP contribution is -2.40. The van der Waals surface area contributed by atoms with E-state index in [1.807, 2.05) is 0 Å². The maximum Gasteiger partial charge on any atom is 0.418 e. The first-order chi connectivity index (χ1) is 12.1. The fraction of sp³-hybridized carbons (Fsp3) is 0.278. The molecule has 2 N–H and O–H groups in total. The zero-order valence-corrected chi connectivity index (χ0v) is 14.8. The Hall–Kier alpha value is -2.12. The Kier molecular flexibility index (Phi) is 6.26. The van der Waals surface area contributed by atoms with Gasteiger partial charge >= 0.3 is 6.18 Å². The van der Waals surface area contributed by atoms with Crippen molar-refractivity contribution in [3.8, 4) is 0 Å². The summed E-state index contributed by atoms with van der Waals surface area (Å²) in [6, 6.07) is 7.79. The minimum atomic E-state index is -4.66. The van der Waals surface area contributed by atoms with Gasteiger partial charge in [-0.25, -0.2) is 4.39 Å². The Bertz CT molecular complexity index is 795. The van der Waals surface area contributed by atoms with Crippen molar-refractivity contribution < 1.29 is 22.4 Å². The summed E-state index contributed by atoms with van der Waals surface area (Å²) in [5.74, 6) is -1.11. The Morgan fingerprint density at radius 3 is 2.38 bits per heavy atom. The van der Waals surface area contributed by atoms with Crippen molar-refractivity contribution in [1.29, 1.82) is 0 Å². The average Bonchev–Trinajstić information content (AvgIpc) is 2.55. The topological polar surface area (TPSA) is 41.1 Å². The number of benzene rings is 2. The number of halogens is 5. The molecule has 0 aliphatic heterocycles. The van der Waals surface area contributed by atoms with Gasteiger partial charge in [0.2, 0.25) is 5.91 Å². The van der Waals surface area contributed by atoms with Gasteiger partial charge < -0.3 is 5.32 Å². The van der Waals surface area contributed by atoms with Crippen molar-refractivity contribution in [3.63, 3.8) is 0 Å². The Morgan fingerprint density at radius 2 is 1.77 bits per heavy atom.